The molecule has 3 heterocycles. The normalized spacial score (nSPS) is 21.6. The maximum atomic E-state index is 12.5. The molecule has 8 heteroatoms. The van der Waals surface area contributed by atoms with Crippen molar-refractivity contribution in [3.05, 3.63) is 59.4 Å². The second-order valence-electron chi connectivity index (χ2n) is 6.89. The summed E-state index contributed by atoms with van der Waals surface area (Å²) in [5.74, 6) is -2.20. The van der Waals surface area contributed by atoms with E-state index in [0.717, 1.165) is 5.69 Å². The second kappa shape index (κ2) is 7.05. The molecule has 1 aromatic carbocycles. The molecule has 1 saturated heterocycles. The molecular weight excluding hydrogens is 362 g/mol. The van der Waals surface area contributed by atoms with E-state index in [9.17, 15) is 14.4 Å². The lowest BCUT2D eigenvalue weighted by Crippen LogP contribution is -2.45. The molecule has 0 saturated carbocycles. The zero-order valence-corrected chi connectivity index (χ0v) is 15.5. The van der Waals surface area contributed by atoms with Crippen LogP contribution >= 0.6 is 0 Å². The third-order valence-electron chi connectivity index (χ3n) is 4.67. The number of carbonyl (C=O) groups is 3. The van der Waals surface area contributed by atoms with Gasteiger partial charge in [-0.3, -0.25) is 9.59 Å². The number of carbonyl (C=O) groups excluding carboxylic acids is 3. The van der Waals surface area contributed by atoms with Crippen molar-refractivity contribution in [2.75, 3.05) is 18.0 Å². The number of pyridine rings is 1. The molecule has 2 aliphatic rings. The van der Waals surface area contributed by atoms with Gasteiger partial charge >= 0.3 is 5.97 Å². The summed E-state index contributed by atoms with van der Waals surface area (Å²) in [5.41, 5.74) is 1.23. The second-order valence-corrected chi connectivity index (χ2v) is 6.89. The minimum absolute atomic E-state index is 0.0147. The maximum absolute atomic E-state index is 12.5. The van der Waals surface area contributed by atoms with Gasteiger partial charge in [0, 0.05) is 25.0 Å². The van der Waals surface area contributed by atoms with Gasteiger partial charge in [0.05, 0.1) is 23.3 Å². The third kappa shape index (κ3) is 3.22. The van der Waals surface area contributed by atoms with Crippen LogP contribution in [0, 0.1) is 0 Å². The first-order valence-corrected chi connectivity index (χ1v) is 9.00. The molecule has 2 aromatic rings. The third-order valence-corrected chi connectivity index (χ3v) is 4.67. The van der Waals surface area contributed by atoms with Crippen LogP contribution in [0.4, 0.5) is 5.69 Å². The van der Waals surface area contributed by atoms with E-state index in [4.69, 9.17) is 9.57 Å². The molecule has 28 heavy (non-hydrogen) atoms. The number of hydroxylamine groups is 2. The van der Waals surface area contributed by atoms with Gasteiger partial charge in [0.25, 0.3) is 11.8 Å². The van der Waals surface area contributed by atoms with E-state index in [2.05, 4.69) is 9.88 Å². The Bertz CT molecular complexity index is 915. The Morgan fingerprint density at radius 3 is 2.29 bits per heavy atom. The van der Waals surface area contributed by atoms with E-state index in [-0.39, 0.29) is 29.0 Å². The molecule has 4 rings (SSSR count). The van der Waals surface area contributed by atoms with Gasteiger partial charge in [-0.05, 0) is 38.1 Å². The molecule has 0 radical (unpaired) electrons. The summed E-state index contributed by atoms with van der Waals surface area (Å²) < 4.78 is 5.73. The molecule has 2 aliphatic heterocycles. The summed E-state index contributed by atoms with van der Waals surface area (Å²) >= 11 is 0. The van der Waals surface area contributed by atoms with Crippen molar-refractivity contribution in [1.82, 2.24) is 10.0 Å². The SMILES string of the molecule is CC1CN(c2ccnc(C(=O)ON3C(=O)c4ccccc4C3=O)c2)CC(C)O1. The molecule has 8 nitrogen and oxygen atoms in total. The van der Waals surface area contributed by atoms with Crippen molar-refractivity contribution in [2.24, 2.45) is 0 Å². The number of amides is 2. The molecule has 0 spiro atoms. The van der Waals surface area contributed by atoms with Gasteiger partial charge in [0.1, 0.15) is 0 Å². The number of nitrogens with zero attached hydrogens (tertiary/aromatic N) is 3. The number of rotatable bonds is 3. The first-order chi connectivity index (χ1) is 13.4. The quantitative estimate of drug-likeness (QED) is 0.752. The Hall–Kier alpha value is -3.26. The first kappa shape index (κ1) is 18.1. The number of hydrogen-bond acceptors (Lipinski definition) is 7. The van der Waals surface area contributed by atoms with Crippen molar-refractivity contribution >= 4 is 23.5 Å². The molecule has 2 atom stereocenters. The molecular formula is C20H19N3O5. The summed E-state index contributed by atoms with van der Waals surface area (Å²) in [7, 11) is 0. The molecule has 0 bridgehead atoms. The first-order valence-electron chi connectivity index (χ1n) is 9.00. The van der Waals surface area contributed by atoms with Gasteiger partial charge in [-0.2, -0.15) is 0 Å². The van der Waals surface area contributed by atoms with Crippen LogP contribution in [0.5, 0.6) is 0 Å². The summed E-state index contributed by atoms with van der Waals surface area (Å²) in [6.07, 6.45) is 1.62. The van der Waals surface area contributed by atoms with Crippen molar-refractivity contribution < 1.29 is 24.0 Å². The average Bonchev–Trinajstić information content (AvgIpc) is 2.92. The maximum Gasteiger partial charge on any atom is 0.382 e. The number of ether oxygens (including phenoxy) is 1. The summed E-state index contributed by atoms with van der Waals surface area (Å²) in [6, 6.07) is 9.70. The van der Waals surface area contributed by atoms with Gasteiger partial charge in [-0.15, -0.1) is 0 Å². The lowest BCUT2D eigenvalue weighted by atomic mass is 10.1. The fourth-order valence-corrected chi connectivity index (χ4v) is 3.50. The fourth-order valence-electron chi connectivity index (χ4n) is 3.50. The Labute approximate surface area is 161 Å². The van der Waals surface area contributed by atoms with E-state index in [1.807, 2.05) is 13.8 Å². The summed E-state index contributed by atoms with van der Waals surface area (Å²) in [6.45, 7) is 5.34. The highest BCUT2D eigenvalue weighted by atomic mass is 16.7. The van der Waals surface area contributed by atoms with Crippen LogP contribution in [0.2, 0.25) is 0 Å². The lowest BCUT2D eigenvalue weighted by molar-refractivity contribution is -0.0588. The van der Waals surface area contributed by atoms with Gasteiger partial charge in [0.2, 0.25) is 0 Å². The molecule has 0 aliphatic carbocycles. The van der Waals surface area contributed by atoms with E-state index in [0.29, 0.717) is 18.2 Å². The number of imide groups is 1. The Morgan fingerprint density at radius 2 is 1.68 bits per heavy atom. The Morgan fingerprint density at radius 1 is 1.07 bits per heavy atom. The largest absolute Gasteiger partial charge is 0.382 e. The number of anilines is 1. The molecule has 1 aromatic heterocycles. The summed E-state index contributed by atoms with van der Waals surface area (Å²) in [4.78, 5) is 48.4. The van der Waals surface area contributed by atoms with Crippen LogP contribution in [-0.4, -0.2) is 53.1 Å². The molecule has 1 fully saturated rings. The zero-order valence-electron chi connectivity index (χ0n) is 15.5. The lowest BCUT2D eigenvalue weighted by Gasteiger charge is -2.36. The van der Waals surface area contributed by atoms with E-state index in [1.165, 1.54) is 18.3 Å². The zero-order chi connectivity index (χ0) is 19.8. The van der Waals surface area contributed by atoms with Crippen LogP contribution in [0.15, 0.2) is 42.6 Å². The van der Waals surface area contributed by atoms with Crippen LogP contribution in [0.25, 0.3) is 0 Å². The van der Waals surface area contributed by atoms with E-state index >= 15 is 0 Å². The Kier molecular flexibility index (Phi) is 4.56. The average molecular weight is 381 g/mol. The van der Waals surface area contributed by atoms with Crippen LogP contribution in [0.3, 0.4) is 0 Å². The molecule has 144 valence electrons. The number of fused-ring (bicyclic) bond motifs is 1. The van der Waals surface area contributed by atoms with Crippen LogP contribution in [0.1, 0.15) is 45.1 Å². The Balaban J connectivity index is 1.52. The monoisotopic (exact) mass is 381 g/mol. The molecule has 0 N–H and O–H groups in total. The highest BCUT2D eigenvalue weighted by Crippen LogP contribution is 2.24. The minimum Gasteiger partial charge on any atom is -0.372 e. The number of morpholine rings is 1. The number of hydrogen-bond donors (Lipinski definition) is 0. The molecule has 2 amide bonds. The standard InChI is InChI=1S/C20H19N3O5/c1-12-10-22(11-13(2)27-12)14-7-8-21-17(9-14)20(26)28-23-18(24)15-5-3-4-6-16(15)19(23)25/h3-9,12-13H,10-11H2,1-2H3. The number of benzene rings is 1. The van der Waals surface area contributed by atoms with Crippen LogP contribution in [-0.2, 0) is 9.57 Å². The van der Waals surface area contributed by atoms with Crippen molar-refractivity contribution in [3.63, 3.8) is 0 Å². The highest BCUT2D eigenvalue weighted by Gasteiger charge is 2.39. The fraction of sp³-hybridized carbons (Fsp3) is 0.300. The van der Waals surface area contributed by atoms with E-state index in [1.54, 1.807) is 24.3 Å². The van der Waals surface area contributed by atoms with Crippen molar-refractivity contribution in [3.8, 4) is 0 Å². The smallest absolute Gasteiger partial charge is 0.372 e. The predicted octanol–water partition coefficient (Wildman–Crippen LogP) is 2.06. The van der Waals surface area contributed by atoms with Crippen LogP contribution < -0.4 is 4.90 Å². The predicted molar refractivity (Wildman–Crippen MR) is 98.8 cm³/mol. The highest BCUT2D eigenvalue weighted by molar-refractivity contribution is 6.21. The van der Waals surface area contributed by atoms with Gasteiger partial charge in [0.15, 0.2) is 5.69 Å². The molecule has 2 unspecified atom stereocenters. The topological polar surface area (TPSA) is 89.0 Å². The van der Waals surface area contributed by atoms with Gasteiger partial charge in [-0.25, -0.2) is 9.78 Å². The van der Waals surface area contributed by atoms with E-state index < -0.39 is 17.8 Å². The summed E-state index contributed by atoms with van der Waals surface area (Å²) in [5, 5.41) is 0.486. The number of aromatic nitrogens is 1. The van der Waals surface area contributed by atoms with Crippen molar-refractivity contribution in [2.45, 2.75) is 26.1 Å². The van der Waals surface area contributed by atoms with Gasteiger partial charge in [-0.1, -0.05) is 17.2 Å². The van der Waals surface area contributed by atoms with Crippen molar-refractivity contribution in [1.29, 1.82) is 0 Å². The van der Waals surface area contributed by atoms with Gasteiger partial charge < -0.3 is 14.5 Å². The minimum atomic E-state index is -0.870.